The summed E-state index contributed by atoms with van der Waals surface area (Å²) < 4.78 is 10.8. The van der Waals surface area contributed by atoms with E-state index in [9.17, 15) is 0 Å². The quantitative estimate of drug-likeness (QED) is 0.589. The minimum Gasteiger partial charge on any atom is -0.380 e. The highest BCUT2D eigenvalue weighted by Gasteiger charge is 2.09. The van der Waals surface area contributed by atoms with Crippen molar-refractivity contribution in [2.45, 2.75) is 27.3 Å². The summed E-state index contributed by atoms with van der Waals surface area (Å²) in [5, 5.41) is 3.26. The monoisotopic (exact) mass is 296 g/mol. The van der Waals surface area contributed by atoms with Gasteiger partial charge in [0.25, 0.3) is 0 Å². The summed E-state index contributed by atoms with van der Waals surface area (Å²) in [5.74, 6) is 0.731. The fraction of sp³-hybridized carbons (Fsp3) is 0.733. The van der Waals surface area contributed by atoms with Crippen molar-refractivity contribution in [2.75, 3.05) is 51.0 Å². The molecule has 1 rings (SSSR count). The SMILES string of the molecule is CCNCc1cnc(N(CCOCC)CCOCC)nc1. The Labute approximate surface area is 127 Å². The minimum atomic E-state index is 0.672. The Balaban J connectivity index is 2.57. The molecule has 0 unspecified atom stereocenters. The highest BCUT2D eigenvalue weighted by Crippen LogP contribution is 2.07. The molecular formula is C15H28N4O2. The van der Waals surface area contributed by atoms with E-state index < -0.39 is 0 Å². The summed E-state index contributed by atoms with van der Waals surface area (Å²) in [6.07, 6.45) is 3.75. The van der Waals surface area contributed by atoms with Crippen molar-refractivity contribution in [3.05, 3.63) is 18.0 Å². The van der Waals surface area contributed by atoms with Crippen LogP contribution in [0.1, 0.15) is 26.3 Å². The Bertz CT molecular complexity index is 349. The fourth-order valence-electron chi connectivity index (χ4n) is 1.82. The van der Waals surface area contributed by atoms with Crippen LogP contribution >= 0.6 is 0 Å². The number of hydrogen-bond donors (Lipinski definition) is 1. The van der Waals surface area contributed by atoms with Crippen molar-refractivity contribution in [3.8, 4) is 0 Å². The Morgan fingerprint density at radius 2 is 1.57 bits per heavy atom. The van der Waals surface area contributed by atoms with E-state index in [-0.39, 0.29) is 0 Å². The zero-order chi connectivity index (χ0) is 15.3. The molecule has 120 valence electrons. The molecule has 0 fully saturated rings. The van der Waals surface area contributed by atoms with E-state index >= 15 is 0 Å². The minimum absolute atomic E-state index is 0.672. The van der Waals surface area contributed by atoms with Crippen molar-refractivity contribution in [1.29, 1.82) is 0 Å². The lowest BCUT2D eigenvalue weighted by Crippen LogP contribution is -2.32. The number of hydrogen-bond acceptors (Lipinski definition) is 6. The van der Waals surface area contributed by atoms with Crippen LogP contribution in [0.5, 0.6) is 0 Å². The lowest BCUT2D eigenvalue weighted by Gasteiger charge is -2.22. The summed E-state index contributed by atoms with van der Waals surface area (Å²) in [4.78, 5) is 11.0. The van der Waals surface area contributed by atoms with Crippen molar-refractivity contribution in [2.24, 2.45) is 0 Å². The van der Waals surface area contributed by atoms with Gasteiger partial charge in [-0.25, -0.2) is 9.97 Å². The smallest absolute Gasteiger partial charge is 0.225 e. The molecule has 0 aliphatic rings. The van der Waals surface area contributed by atoms with Crippen LogP contribution in [0.25, 0.3) is 0 Å². The number of nitrogens with zero attached hydrogens (tertiary/aromatic N) is 3. The van der Waals surface area contributed by atoms with Gasteiger partial charge in [-0.2, -0.15) is 0 Å². The molecule has 6 heteroatoms. The molecule has 1 aromatic heterocycles. The molecule has 1 heterocycles. The number of nitrogens with one attached hydrogen (secondary N) is 1. The zero-order valence-corrected chi connectivity index (χ0v) is 13.5. The molecule has 0 spiro atoms. The molecule has 0 saturated heterocycles. The van der Waals surface area contributed by atoms with Crippen molar-refractivity contribution in [3.63, 3.8) is 0 Å². The van der Waals surface area contributed by atoms with Crippen LogP contribution in [0.2, 0.25) is 0 Å². The average molecular weight is 296 g/mol. The van der Waals surface area contributed by atoms with E-state index in [1.807, 2.05) is 26.2 Å². The van der Waals surface area contributed by atoms with E-state index in [1.165, 1.54) is 0 Å². The predicted molar refractivity (Wildman–Crippen MR) is 84.6 cm³/mol. The van der Waals surface area contributed by atoms with E-state index in [4.69, 9.17) is 9.47 Å². The lowest BCUT2D eigenvalue weighted by molar-refractivity contribution is 0.141. The first-order chi connectivity index (χ1) is 10.3. The predicted octanol–water partition coefficient (Wildman–Crippen LogP) is 1.47. The fourth-order valence-corrected chi connectivity index (χ4v) is 1.82. The Morgan fingerprint density at radius 1 is 1.00 bits per heavy atom. The van der Waals surface area contributed by atoms with Gasteiger partial charge in [0, 0.05) is 50.8 Å². The van der Waals surface area contributed by atoms with Crippen molar-refractivity contribution >= 4 is 5.95 Å². The first kappa shape index (κ1) is 17.8. The summed E-state index contributed by atoms with van der Waals surface area (Å²) in [7, 11) is 0. The summed E-state index contributed by atoms with van der Waals surface area (Å²) in [6.45, 7) is 12.2. The number of aromatic nitrogens is 2. The second-order valence-electron chi connectivity index (χ2n) is 4.55. The van der Waals surface area contributed by atoms with Crippen LogP contribution in [-0.4, -0.2) is 56.0 Å². The molecule has 0 radical (unpaired) electrons. The molecule has 0 saturated carbocycles. The van der Waals surface area contributed by atoms with Crippen LogP contribution in [0.15, 0.2) is 12.4 Å². The summed E-state index contributed by atoms with van der Waals surface area (Å²) >= 11 is 0. The molecular weight excluding hydrogens is 268 g/mol. The third kappa shape index (κ3) is 7.36. The lowest BCUT2D eigenvalue weighted by atomic mass is 10.3. The van der Waals surface area contributed by atoms with Crippen LogP contribution in [0, 0.1) is 0 Å². The van der Waals surface area contributed by atoms with Gasteiger partial charge in [-0.1, -0.05) is 6.92 Å². The third-order valence-electron chi connectivity index (χ3n) is 2.97. The van der Waals surface area contributed by atoms with Crippen molar-refractivity contribution < 1.29 is 9.47 Å². The molecule has 0 aliphatic carbocycles. The normalized spacial score (nSPS) is 10.8. The van der Waals surface area contributed by atoms with Gasteiger partial charge in [0.15, 0.2) is 0 Å². The highest BCUT2D eigenvalue weighted by atomic mass is 16.5. The van der Waals surface area contributed by atoms with Gasteiger partial charge in [-0.05, 0) is 20.4 Å². The second kappa shape index (κ2) is 11.4. The molecule has 0 amide bonds. The maximum absolute atomic E-state index is 5.42. The van der Waals surface area contributed by atoms with Gasteiger partial charge < -0.3 is 19.7 Å². The topological polar surface area (TPSA) is 59.5 Å². The number of anilines is 1. The molecule has 0 bridgehead atoms. The standard InChI is InChI=1S/C15H28N4O2/c1-4-16-11-14-12-17-15(18-13-14)19(7-9-20-5-2)8-10-21-6-3/h12-13,16H,4-11H2,1-3H3. The molecule has 0 atom stereocenters. The Hall–Kier alpha value is -1.24. The van der Waals surface area contributed by atoms with Crippen LogP contribution in [0.4, 0.5) is 5.95 Å². The molecule has 6 nitrogen and oxygen atoms in total. The van der Waals surface area contributed by atoms with Crippen LogP contribution in [-0.2, 0) is 16.0 Å². The molecule has 0 aromatic carbocycles. The van der Waals surface area contributed by atoms with Crippen LogP contribution in [0.3, 0.4) is 0 Å². The summed E-state index contributed by atoms with van der Waals surface area (Å²) in [5.41, 5.74) is 1.09. The molecule has 1 aromatic rings. The highest BCUT2D eigenvalue weighted by molar-refractivity contribution is 5.29. The van der Waals surface area contributed by atoms with Crippen LogP contribution < -0.4 is 10.2 Å². The van der Waals surface area contributed by atoms with Gasteiger partial charge in [-0.3, -0.25) is 0 Å². The molecule has 21 heavy (non-hydrogen) atoms. The molecule has 0 aliphatic heterocycles. The first-order valence-corrected chi connectivity index (χ1v) is 7.73. The maximum Gasteiger partial charge on any atom is 0.225 e. The maximum atomic E-state index is 5.42. The van der Waals surface area contributed by atoms with E-state index in [2.05, 4.69) is 27.1 Å². The second-order valence-corrected chi connectivity index (χ2v) is 4.55. The number of rotatable bonds is 12. The third-order valence-corrected chi connectivity index (χ3v) is 2.97. The van der Waals surface area contributed by atoms with Gasteiger partial charge >= 0.3 is 0 Å². The number of ether oxygens (including phenoxy) is 2. The Kier molecular flexibility index (Phi) is 9.69. The van der Waals surface area contributed by atoms with E-state index in [0.717, 1.165) is 50.9 Å². The zero-order valence-electron chi connectivity index (χ0n) is 13.5. The van der Waals surface area contributed by atoms with E-state index in [1.54, 1.807) is 0 Å². The van der Waals surface area contributed by atoms with E-state index in [0.29, 0.717) is 13.2 Å². The van der Waals surface area contributed by atoms with Gasteiger partial charge in [0.1, 0.15) is 0 Å². The van der Waals surface area contributed by atoms with Crippen molar-refractivity contribution in [1.82, 2.24) is 15.3 Å². The first-order valence-electron chi connectivity index (χ1n) is 7.73. The van der Waals surface area contributed by atoms with Gasteiger partial charge in [0.05, 0.1) is 13.2 Å². The average Bonchev–Trinajstić information content (AvgIpc) is 2.52. The van der Waals surface area contributed by atoms with Gasteiger partial charge in [-0.15, -0.1) is 0 Å². The largest absolute Gasteiger partial charge is 0.380 e. The Morgan fingerprint density at radius 3 is 2.05 bits per heavy atom. The molecule has 1 N–H and O–H groups in total. The summed E-state index contributed by atoms with van der Waals surface area (Å²) in [6, 6.07) is 0. The van der Waals surface area contributed by atoms with Gasteiger partial charge in [0.2, 0.25) is 5.95 Å².